The van der Waals surface area contributed by atoms with Gasteiger partial charge in [0, 0.05) is 12.6 Å². The van der Waals surface area contributed by atoms with Crippen LogP contribution in [0.3, 0.4) is 0 Å². The number of carboxylic acid groups (broad SMARTS) is 2. The number of ether oxygens (including phenoxy) is 1. The lowest BCUT2D eigenvalue weighted by Crippen LogP contribution is -2.40. The SMILES string of the molecule is CC(=O)O.CCC(NC(=O)c1cccc(NCC2=CC=CCO2)c1C=O)C(=O)O. The summed E-state index contributed by atoms with van der Waals surface area (Å²) >= 11 is 0. The first-order chi connectivity index (χ1) is 13.8. The van der Waals surface area contributed by atoms with Gasteiger partial charge in [-0.1, -0.05) is 19.1 Å². The number of aldehydes is 1. The van der Waals surface area contributed by atoms with Gasteiger partial charge in [-0.15, -0.1) is 0 Å². The lowest BCUT2D eigenvalue weighted by Gasteiger charge is -2.17. The van der Waals surface area contributed by atoms with Crippen LogP contribution < -0.4 is 10.6 Å². The summed E-state index contributed by atoms with van der Waals surface area (Å²) < 4.78 is 5.42. The number of allylic oxidation sites excluding steroid dienone is 2. The molecule has 1 unspecified atom stereocenters. The molecule has 4 N–H and O–H groups in total. The minimum absolute atomic E-state index is 0.123. The van der Waals surface area contributed by atoms with Gasteiger partial charge in [0.15, 0.2) is 6.29 Å². The topological polar surface area (TPSA) is 142 Å². The highest BCUT2D eigenvalue weighted by atomic mass is 16.5. The molecule has 0 saturated heterocycles. The van der Waals surface area contributed by atoms with Crippen molar-refractivity contribution < 1.29 is 34.1 Å². The standard InChI is InChI=1S/C18H20N2O5.C2H4O2/c1-2-15(18(23)24)20-17(22)13-7-5-8-16(14(13)11-21)19-10-12-6-3-4-9-25-12;1-2(3)4/h3-8,11,15,19H,2,9-10H2,1H3,(H,20,22)(H,23,24);1H3,(H,3,4). The molecule has 0 saturated carbocycles. The predicted octanol–water partition coefficient (Wildman–Crippen LogP) is 2.07. The molecule has 9 heteroatoms. The quantitative estimate of drug-likeness (QED) is 0.482. The first-order valence-electron chi connectivity index (χ1n) is 8.83. The normalized spacial score (nSPS) is 13.0. The molecule has 1 heterocycles. The maximum absolute atomic E-state index is 12.3. The van der Waals surface area contributed by atoms with Gasteiger partial charge < -0.3 is 25.6 Å². The van der Waals surface area contributed by atoms with Gasteiger partial charge in [-0.25, -0.2) is 4.79 Å². The fourth-order valence-corrected chi connectivity index (χ4v) is 2.35. The van der Waals surface area contributed by atoms with Crippen LogP contribution in [-0.2, 0) is 14.3 Å². The van der Waals surface area contributed by atoms with Gasteiger partial charge in [-0.2, -0.15) is 0 Å². The Balaban J connectivity index is 0.000000960. The third-order valence-corrected chi connectivity index (χ3v) is 3.72. The van der Waals surface area contributed by atoms with Crippen molar-refractivity contribution in [3.63, 3.8) is 0 Å². The van der Waals surface area contributed by atoms with E-state index in [1.165, 1.54) is 6.07 Å². The van der Waals surface area contributed by atoms with Crippen molar-refractivity contribution in [1.29, 1.82) is 0 Å². The van der Waals surface area contributed by atoms with Crippen molar-refractivity contribution in [3.8, 4) is 0 Å². The number of benzene rings is 1. The Morgan fingerprint density at radius 1 is 1.28 bits per heavy atom. The second-order valence-corrected chi connectivity index (χ2v) is 5.90. The molecule has 1 aliphatic heterocycles. The lowest BCUT2D eigenvalue weighted by molar-refractivity contribution is -0.139. The van der Waals surface area contributed by atoms with E-state index in [4.69, 9.17) is 19.7 Å². The number of nitrogens with one attached hydrogen (secondary N) is 2. The Hall–Kier alpha value is -3.62. The van der Waals surface area contributed by atoms with Crippen LogP contribution in [0.4, 0.5) is 5.69 Å². The fourth-order valence-electron chi connectivity index (χ4n) is 2.35. The van der Waals surface area contributed by atoms with Crippen molar-refractivity contribution in [2.75, 3.05) is 18.5 Å². The summed E-state index contributed by atoms with van der Waals surface area (Å²) in [6.45, 7) is 3.59. The zero-order valence-corrected chi connectivity index (χ0v) is 16.2. The highest BCUT2D eigenvalue weighted by Crippen LogP contribution is 2.19. The molecule has 2 rings (SSSR count). The third-order valence-electron chi connectivity index (χ3n) is 3.72. The largest absolute Gasteiger partial charge is 0.492 e. The molecule has 1 amide bonds. The number of anilines is 1. The maximum Gasteiger partial charge on any atom is 0.326 e. The number of carbonyl (C=O) groups is 4. The highest BCUT2D eigenvalue weighted by molar-refractivity contribution is 6.05. The number of hydrogen-bond donors (Lipinski definition) is 4. The molecule has 156 valence electrons. The molecule has 9 nitrogen and oxygen atoms in total. The van der Waals surface area contributed by atoms with Gasteiger partial charge in [0.1, 0.15) is 18.4 Å². The second-order valence-electron chi connectivity index (χ2n) is 5.90. The van der Waals surface area contributed by atoms with Crippen LogP contribution in [0.25, 0.3) is 0 Å². The molecule has 29 heavy (non-hydrogen) atoms. The lowest BCUT2D eigenvalue weighted by atomic mass is 10.0. The monoisotopic (exact) mass is 404 g/mol. The van der Waals surface area contributed by atoms with Crippen molar-refractivity contribution in [2.45, 2.75) is 26.3 Å². The Labute approximate surface area is 168 Å². The van der Waals surface area contributed by atoms with E-state index in [9.17, 15) is 14.4 Å². The first-order valence-corrected chi connectivity index (χ1v) is 8.83. The number of rotatable bonds is 8. The van der Waals surface area contributed by atoms with Crippen LogP contribution in [0.1, 0.15) is 41.0 Å². The molecule has 0 spiro atoms. The number of carboxylic acids is 2. The fraction of sp³-hybridized carbons (Fsp3) is 0.300. The number of amides is 1. The Kier molecular flexibility index (Phi) is 9.66. The molecule has 1 atom stereocenters. The van der Waals surface area contributed by atoms with E-state index in [1.54, 1.807) is 19.1 Å². The van der Waals surface area contributed by atoms with Crippen LogP contribution in [-0.4, -0.2) is 53.5 Å². The Morgan fingerprint density at radius 3 is 2.48 bits per heavy atom. The third kappa shape index (κ3) is 7.87. The van der Waals surface area contributed by atoms with Gasteiger partial charge in [-0.3, -0.25) is 14.4 Å². The minimum Gasteiger partial charge on any atom is -0.492 e. The molecule has 1 aliphatic rings. The molecule has 0 bridgehead atoms. The highest BCUT2D eigenvalue weighted by Gasteiger charge is 2.21. The summed E-state index contributed by atoms with van der Waals surface area (Å²) in [5.74, 6) is -1.84. The maximum atomic E-state index is 12.3. The minimum atomic E-state index is -1.12. The van der Waals surface area contributed by atoms with Crippen LogP contribution >= 0.6 is 0 Å². The summed E-state index contributed by atoms with van der Waals surface area (Å²) in [5.41, 5.74) is 0.774. The molecular weight excluding hydrogens is 380 g/mol. The van der Waals surface area contributed by atoms with E-state index in [2.05, 4.69) is 10.6 Å². The summed E-state index contributed by atoms with van der Waals surface area (Å²) in [4.78, 5) is 43.9. The molecule has 1 aromatic rings. The Bertz CT molecular complexity index is 811. The number of hydrogen-bond acceptors (Lipinski definition) is 6. The number of aliphatic carboxylic acids is 2. The summed E-state index contributed by atoms with van der Waals surface area (Å²) in [7, 11) is 0. The molecule has 0 fully saturated rings. The van der Waals surface area contributed by atoms with Crippen LogP contribution in [0.5, 0.6) is 0 Å². The van der Waals surface area contributed by atoms with E-state index in [0.29, 0.717) is 30.9 Å². The van der Waals surface area contributed by atoms with E-state index in [1.807, 2.05) is 18.2 Å². The smallest absolute Gasteiger partial charge is 0.326 e. The van der Waals surface area contributed by atoms with Gasteiger partial charge in [0.25, 0.3) is 11.9 Å². The van der Waals surface area contributed by atoms with Gasteiger partial charge in [0.2, 0.25) is 0 Å². The van der Waals surface area contributed by atoms with Gasteiger partial charge in [0.05, 0.1) is 17.7 Å². The van der Waals surface area contributed by atoms with E-state index in [-0.39, 0.29) is 17.5 Å². The zero-order chi connectivity index (χ0) is 21.8. The van der Waals surface area contributed by atoms with E-state index >= 15 is 0 Å². The average molecular weight is 404 g/mol. The van der Waals surface area contributed by atoms with Gasteiger partial charge in [-0.05, 0) is 30.7 Å². The van der Waals surface area contributed by atoms with Crippen LogP contribution in [0.15, 0.2) is 42.2 Å². The molecule has 1 aromatic carbocycles. The summed E-state index contributed by atoms with van der Waals surface area (Å²) in [6.07, 6.45) is 6.38. The van der Waals surface area contributed by atoms with Crippen LogP contribution in [0.2, 0.25) is 0 Å². The van der Waals surface area contributed by atoms with Crippen molar-refractivity contribution in [1.82, 2.24) is 5.32 Å². The summed E-state index contributed by atoms with van der Waals surface area (Å²) in [6, 6.07) is 3.78. The molecule has 0 radical (unpaired) electrons. The van der Waals surface area contributed by atoms with Crippen molar-refractivity contribution >= 4 is 29.8 Å². The van der Waals surface area contributed by atoms with Gasteiger partial charge >= 0.3 is 5.97 Å². The zero-order valence-electron chi connectivity index (χ0n) is 16.2. The van der Waals surface area contributed by atoms with Crippen molar-refractivity contribution in [2.24, 2.45) is 0 Å². The molecular formula is C20H24N2O7. The van der Waals surface area contributed by atoms with E-state index in [0.717, 1.165) is 6.92 Å². The molecule has 0 aliphatic carbocycles. The first kappa shape index (κ1) is 23.4. The average Bonchev–Trinajstić information content (AvgIpc) is 2.70. The van der Waals surface area contributed by atoms with Crippen LogP contribution in [0, 0.1) is 0 Å². The predicted molar refractivity (Wildman–Crippen MR) is 106 cm³/mol. The number of carbonyl (C=O) groups excluding carboxylic acids is 2. The second kappa shape index (κ2) is 12.0. The Morgan fingerprint density at radius 2 is 1.97 bits per heavy atom. The van der Waals surface area contributed by atoms with Crippen molar-refractivity contribution in [3.05, 3.63) is 53.3 Å². The molecule has 0 aromatic heterocycles. The summed E-state index contributed by atoms with van der Waals surface area (Å²) in [5, 5.41) is 22.0. The van der Waals surface area contributed by atoms with E-state index < -0.39 is 23.9 Å².